The molecule has 0 atom stereocenters. The standard InChI is InChI=1S/C14H19NO4/c1-4-12(16)6-5-7-19-14-11(3)8-10(2)9-13(14)15(17)18/h8-9H,4-7H2,1-3H3. The van der Waals surface area contributed by atoms with Crippen LogP contribution in [0.25, 0.3) is 0 Å². The molecule has 0 aromatic heterocycles. The van der Waals surface area contributed by atoms with E-state index in [4.69, 9.17) is 4.74 Å². The summed E-state index contributed by atoms with van der Waals surface area (Å²) in [6.07, 6.45) is 1.55. The lowest BCUT2D eigenvalue weighted by atomic mass is 10.1. The number of carbonyl (C=O) groups is 1. The van der Waals surface area contributed by atoms with Gasteiger partial charge in [-0.3, -0.25) is 14.9 Å². The smallest absolute Gasteiger partial charge is 0.311 e. The maximum absolute atomic E-state index is 11.1. The summed E-state index contributed by atoms with van der Waals surface area (Å²) >= 11 is 0. The molecule has 0 aliphatic heterocycles. The second-order valence-electron chi connectivity index (χ2n) is 4.53. The second-order valence-corrected chi connectivity index (χ2v) is 4.53. The van der Waals surface area contributed by atoms with Crippen LogP contribution in [0.5, 0.6) is 5.75 Å². The zero-order valence-electron chi connectivity index (χ0n) is 11.6. The third kappa shape index (κ3) is 4.35. The average Bonchev–Trinajstić information content (AvgIpc) is 2.35. The van der Waals surface area contributed by atoms with Gasteiger partial charge in [0.05, 0.1) is 11.5 Å². The van der Waals surface area contributed by atoms with Crippen molar-refractivity contribution in [1.82, 2.24) is 0 Å². The highest BCUT2D eigenvalue weighted by molar-refractivity contribution is 5.77. The number of ketones is 1. The third-order valence-electron chi connectivity index (χ3n) is 2.84. The van der Waals surface area contributed by atoms with E-state index in [0.29, 0.717) is 31.6 Å². The van der Waals surface area contributed by atoms with Gasteiger partial charge in [-0.1, -0.05) is 13.0 Å². The van der Waals surface area contributed by atoms with E-state index in [9.17, 15) is 14.9 Å². The van der Waals surface area contributed by atoms with Gasteiger partial charge in [-0.25, -0.2) is 0 Å². The first-order valence-corrected chi connectivity index (χ1v) is 6.35. The lowest BCUT2D eigenvalue weighted by molar-refractivity contribution is -0.386. The molecule has 0 aliphatic carbocycles. The normalized spacial score (nSPS) is 10.3. The molecule has 0 unspecified atom stereocenters. The van der Waals surface area contributed by atoms with Crippen LogP contribution >= 0.6 is 0 Å². The summed E-state index contributed by atoms with van der Waals surface area (Å²) < 4.78 is 5.49. The molecule has 0 aliphatic rings. The van der Waals surface area contributed by atoms with Crippen LogP contribution in [0.1, 0.15) is 37.3 Å². The Labute approximate surface area is 112 Å². The summed E-state index contributed by atoms with van der Waals surface area (Å²) in [6.45, 7) is 5.73. The number of nitro groups is 1. The van der Waals surface area contributed by atoms with E-state index in [-0.39, 0.29) is 11.5 Å². The molecule has 0 radical (unpaired) electrons. The predicted octanol–water partition coefficient (Wildman–Crippen LogP) is 3.35. The largest absolute Gasteiger partial charge is 0.487 e. The van der Waals surface area contributed by atoms with Crippen molar-refractivity contribution in [3.05, 3.63) is 33.4 Å². The molecule has 19 heavy (non-hydrogen) atoms. The highest BCUT2D eigenvalue weighted by atomic mass is 16.6. The number of nitrogens with zero attached hydrogens (tertiary/aromatic N) is 1. The maximum atomic E-state index is 11.1. The van der Waals surface area contributed by atoms with Crippen LogP contribution in [0.15, 0.2) is 12.1 Å². The number of Topliss-reactive ketones (excluding diaryl/α,β-unsaturated/α-hetero) is 1. The highest BCUT2D eigenvalue weighted by Crippen LogP contribution is 2.32. The van der Waals surface area contributed by atoms with Gasteiger partial charge in [-0.2, -0.15) is 0 Å². The fourth-order valence-electron chi connectivity index (χ4n) is 1.88. The number of hydrogen-bond acceptors (Lipinski definition) is 4. The first kappa shape index (κ1) is 15.1. The average molecular weight is 265 g/mol. The fourth-order valence-corrected chi connectivity index (χ4v) is 1.88. The van der Waals surface area contributed by atoms with Crippen molar-refractivity contribution in [1.29, 1.82) is 0 Å². The molecule has 0 heterocycles. The number of carbonyl (C=O) groups excluding carboxylic acids is 1. The summed E-state index contributed by atoms with van der Waals surface area (Å²) in [5, 5.41) is 11.0. The van der Waals surface area contributed by atoms with Gasteiger partial charge in [-0.15, -0.1) is 0 Å². The van der Waals surface area contributed by atoms with Crippen molar-refractivity contribution in [3.8, 4) is 5.75 Å². The topological polar surface area (TPSA) is 69.4 Å². The van der Waals surface area contributed by atoms with Crippen molar-refractivity contribution in [2.24, 2.45) is 0 Å². The Morgan fingerprint density at radius 3 is 2.63 bits per heavy atom. The van der Waals surface area contributed by atoms with Crippen molar-refractivity contribution in [2.45, 2.75) is 40.0 Å². The van der Waals surface area contributed by atoms with Crippen LogP contribution in [-0.4, -0.2) is 17.3 Å². The van der Waals surface area contributed by atoms with Crippen LogP contribution in [-0.2, 0) is 4.79 Å². The molecule has 104 valence electrons. The van der Waals surface area contributed by atoms with Crippen LogP contribution in [0.2, 0.25) is 0 Å². The van der Waals surface area contributed by atoms with Crippen molar-refractivity contribution >= 4 is 11.5 Å². The Morgan fingerprint density at radius 1 is 1.37 bits per heavy atom. The van der Waals surface area contributed by atoms with Gasteiger partial charge in [0.25, 0.3) is 0 Å². The molecule has 1 rings (SSSR count). The van der Waals surface area contributed by atoms with Gasteiger partial charge in [0.1, 0.15) is 5.78 Å². The molecule has 0 bridgehead atoms. The zero-order chi connectivity index (χ0) is 14.4. The Balaban J connectivity index is 2.72. The molecule has 0 saturated heterocycles. The lowest BCUT2D eigenvalue weighted by Gasteiger charge is -2.10. The maximum Gasteiger partial charge on any atom is 0.311 e. The van der Waals surface area contributed by atoms with Gasteiger partial charge in [-0.05, 0) is 31.4 Å². The van der Waals surface area contributed by atoms with Crippen molar-refractivity contribution < 1.29 is 14.5 Å². The van der Waals surface area contributed by atoms with Crippen LogP contribution < -0.4 is 4.74 Å². The van der Waals surface area contributed by atoms with Gasteiger partial charge in [0.15, 0.2) is 5.75 Å². The van der Waals surface area contributed by atoms with Crippen LogP contribution in [0.4, 0.5) is 5.69 Å². The Hall–Kier alpha value is -1.91. The SMILES string of the molecule is CCC(=O)CCCOc1c(C)cc(C)cc1[N+](=O)[O-]. The minimum Gasteiger partial charge on any atom is -0.487 e. The molecule has 0 amide bonds. The van der Waals surface area contributed by atoms with E-state index in [1.807, 2.05) is 19.9 Å². The van der Waals surface area contributed by atoms with Gasteiger partial charge in [0.2, 0.25) is 0 Å². The van der Waals surface area contributed by atoms with Gasteiger partial charge >= 0.3 is 5.69 Å². The first-order chi connectivity index (χ1) is 8.95. The van der Waals surface area contributed by atoms with Gasteiger partial charge < -0.3 is 4.74 Å². The predicted molar refractivity (Wildman–Crippen MR) is 72.6 cm³/mol. The summed E-state index contributed by atoms with van der Waals surface area (Å²) in [5.74, 6) is 0.485. The minimum absolute atomic E-state index is 0.0145. The summed E-state index contributed by atoms with van der Waals surface area (Å²) in [5.41, 5.74) is 1.56. The van der Waals surface area contributed by atoms with Crippen molar-refractivity contribution in [2.75, 3.05) is 6.61 Å². The highest BCUT2D eigenvalue weighted by Gasteiger charge is 2.18. The van der Waals surface area contributed by atoms with E-state index in [1.54, 1.807) is 6.92 Å². The second kappa shape index (κ2) is 6.87. The molecule has 0 spiro atoms. The number of rotatable bonds is 7. The van der Waals surface area contributed by atoms with E-state index in [1.165, 1.54) is 6.07 Å². The molecule has 5 heteroatoms. The third-order valence-corrected chi connectivity index (χ3v) is 2.84. The molecule has 0 fully saturated rings. The number of aryl methyl sites for hydroxylation is 2. The Bertz CT molecular complexity index is 483. The molecule has 0 saturated carbocycles. The van der Waals surface area contributed by atoms with Crippen LogP contribution in [0, 0.1) is 24.0 Å². The Morgan fingerprint density at radius 2 is 2.05 bits per heavy atom. The van der Waals surface area contributed by atoms with E-state index in [2.05, 4.69) is 0 Å². The summed E-state index contributed by atoms with van der Waals surface area (Å²) in [7, 11) is 0. The molecular formula is C14H19NO4. The molecule has 5 nitrogen and oxygen atoms in total. The van der Waals surface area contributed by atoms with E-state index < -0.39 is 4.92 Å². The van der Waals surface area contributed by atoms with Crippen LogP contribution in [0.3, 0.4) is 0 Å². The minimum atomic E-state index is -0.438. The number of benzene rings is 1. The number of hydrogen-bond donors (Lipinski definition) is 0. The molecule has 0 N–H and O–H groups in total. The number of ether oxygens (including phenoxy) is 1. The number of nitro benzene ring substituents is 1. The zero-order valence-corrected chi connectivity index (χ0v) is 11.6. The fraction of sp³-hybridized carbons (Fsp3) is 0.500. The summed E-state index contributed by atoms with van der Waals surface area (Å²) in [6, 6.07) is 3.35. The molecule has 1 aromatic carbocycles. The van der Waals surface area contributed by atoms with E-state index in [0.717, 1.165) is 11.1 Å². The quantitative estimate of drug-likeness (QED) is 0.430. The Kier molecular flexibility index (Phi) is 5.48. The van der Waals surface area contributed by atoms with Gasteiger partial charge in [0, 0.05) is 18.9 Å². The monoisotopic (exact) mass is 265 g/mol. The summed E-state index contributed by atoms with van der Waals surface area (Å²) in [4.78, 5) is 21.7. The van der Waals surface area contributed by atoms with E-state index >= 15 is 0 Å². The first-order valence-electron chi connectivity index (χ1n) is 6.35. The van der Waals surface area contributed by atoms with Crippen molar-refractivity contribution in [3.63, 3.8) is 0 Å². The lowest BCUT2D eigenvalue weighted by Crippen LogP contribution is -2.05. The molecule has 1 aromatic rings. The molecular weight excluding hydrogens is 246 g/mol.